The Morgan fingerprint density at radius 3 is 2.57 bits per heavy atom. The Hall–Kier alpha value is -2.49. The van der Waals surface area contributed by atoms with Crippen LogP contribution in [-0.4, -0.2) is 41.7 Å². The van der Waals surface area contributed by atoms with E-state index in [4.69, 9.17) is 9.47 Å². The summed E-state index contributed by atoms with van der Waals surface area (Å²) in [6, 6.07) is 9.53. The summed E-state index contributed by atoms with van der Waals surface area (Å²) in [6.45, 7) is 1.99. The zero-order valence-corrected chi connectivity index (χ0v) is 16.7. The highest BCUT2D eigenvalue weighted by Crippen LogP contribution is 2.25. The summed E-state index contributed by atoms with van der Waals surface area (Å²) in [6.07, 6.45) is 0. The van der Waals surface area contributed by atoms with E-state index in [0.717, 1.165) is 0 Å². The predicted octanol–water partition coefficient (Wildman–Crippen LogP) is 2.25. The number of halogens is 1. The lowest BCUT2D eigenvalue weighted by molar-refractivity contribution is 0.0939. The number of amides is 1. The Labute approximate surface area is 163 Å². The van der Waals surface area contributed by atoms with Gasteiger partial charge in [-0.05, 0) is 42.8 Å². The molecule has 2 aromatic rings. The Morgan fingerprint density at radius 2 is 1.93 bits per heavy atom. The quantitative estimate of drug-likeness (QED) is 0.619. The maximum absolute atomic E-state index is 13.4. The van der Waals surface area contributed by atoms with Crippen LogP contribution in [0.15, 0.2) is 47.4 Å². The molecule has 0 aromatic heterocycles. The van der Waals surface area contributed by atoms with Crippen LogP contribution in [0.1, 0.15) is 28.9 Å². The molecule has 0 bridgehead atoms. The lowest BCUT2D eigenvalue weighted by atomic mass is 10.1. The summed E-state index contributed by atoms with van der Waals surface area (Å²) >= 11 is 0. The Bertz CT molecular complexity index is 934. The number of ether oxygens (including phenoxy) is 2. The molecule has 0 heterocycles. The van der Waals surface area contributed by atoms with Crippen molar-refractivity contribution in [1.82, 2.24) is 10.0 Å². The van der Waals surface area contributed by atoms with E-state index in [9.17, 15) is 17.6 Å². The van der Waals surface area contributed by atoms with Gasteiger partial charge in [-0.15, -0.1) is 0 Å². The lowest BCUT2D eigenvalue weighted by Gasteiger charge is -2.16. The second-order valence-corrected chi connectivity index (χ2v) is 7.74. The fourth-order valence-corrected chi connectivity index (χ4v) is 3.73. The van der Waals surface area contributed by atoms with Gasteiger partial charge in [-0.1, -0.05) is 12.1 Å². The van der Waals surface area contributed by atoms with Crippen molar-refractivity contribution in [2.75, 3.05) is 27.4 Å². The van der Waals surface area contributed by atoms with Gasteiger partial charge < -0.3 is 14.8 Å². The summed E-state index contributed by atoms with van der Waals surface area (Å²) < 4.78 is 50.8. The number of hydrogen-bond donors (Lipinski definition) is 2. The molecule has 2 N–H and O–H groups in total. The minimum atomic E-state index is -3.90. The van der Waals surface area contributed by atoms with Crippen molar-refractivity contribution in [2.45, 2.75) is 17.9 Å². The number of rotatable bonds is 9. The molecule has 2 aromatic carbocycles. The van der Waals surface area contributed by atoms with E-state index in [-0.39, 0.29) is 29.4 Å². The molecule has 1 unspecified atom stereocenters. The molecule has 9 heteroatoms. The fourth-order valence-electron chi connectivity index (χ4n) is 2.52. The first-order valence-electron chi connectivity index (χ1n) is 8.51. The average molecular weight is 410 g/mol. The topological polar surface area (TPSA) is 93.7 Å². The first-order chi connectivity index (χ1) is 13.3. The van der Waals surface area contributed by atoms with Crippen LogP contribution >= 0.6 is 0 Å². The predicted molar refractivity (Wildman–Crippen MR) is 102 cm³/mol. The maximum Gasteiger partial charge on any atom is 0.251 e. The van der Waals surface area contributed by atoms with Gasteiger partial charge in [0, 0.05) is 19.2 Å². The molecule has 0 saturated heterocycles. The van der Waals surface area contributed by atoms with Crippen molar-refractivity contribution in [2.24, 2.45) is 0 Å². The van der Waals surface area contributed by atoms with Crippen molar-refractivity contribution < 1.29 is 27.1 Å². The van der Waals surface area contributed by atoms with Crippen molar-refractivity contribution in [3.63, 3.8) is 0 Å². The molecule has 0 fully saturated rings. The van der Waals surface area contributed by atoms with Crippen LogP contribution in [0, 0.1) is 5.82 Å². The van der Waals surface area contributed by atoms with Gasteiger partial charge in [0.2, 0.25) is 10.0 Å². The standard InChI is InChI=1S/C19H23FN2O5S/c1-13(14-5-4-6-16(20)11-14)22-19(23)15-7-8-17(27-3)18(12-15)28(24,25)21-9-10-26-2/h4-8,11-13,21H,9-10H2,1-3H3,(H,22,23). The molecule has 0 saturated carbocycles. The molecule has 7 nitrogen and oxygen atoms in total. The first-order valence-corrected chi connectivity index (χ1v) is 9.99. The monoisotopic (exact) mass is 410 g/mol. The van der Waals surface area contributed by atoms with Crippen LogP contribution < -0.4 is 14.8 Å². The zero-order chi connectivity index (χ0) is 20.7. The molecular formula is C19H23FN2O5S. The SMILES string of the molecule is COCCNS(=O)(=O)c1cc(C(=O)NC(C)c2cccc(F)c2)ccc1OC. The van der Waals surface area contributed by atoms with Crippen LogP contribution in [0.3, 0.4) is 0 Å². The van der Waals surface area contributed by atoms with E-state index < -0.39 is 27.8 Å². The Kier molecular flexibility index (Phi) is 7.50. The van der Waals surface area contributed by atoms with Crippen molar-refractivity contribution in [3.8, 4) is 5.75 Å². The first kappa shape index (κ1) is 21.8. The van der Waals surface area contributed by atoms with Crippen molar-refractivity contribution in [1.29, 1.82) is 0 Å². The summed E-state index contributed by atoms with van der Waals surface area (Å²) in [5, 5.41) is 2.73. The largest absolute Gasteiger partial charge is 0.495 e. The summed E-state index contributed by atoms with van der Waals surface area (Å²) in [7, 11) is -1.10. The molecule has 0 spiro atoms. The van der Waals surface area contributed by atoms with Crippen molar-refractivity contribution >= 4 is 15.9 Å². The second-order valence-electron chi connectivity index (χ2n) is 6.01. The molecule has 0 aliphatic rings. The smallest absolute Gasteiger partial charge is 0.251 e. The van der Waals surface area contributed by atoms with Crippen LogP contribution in [0.5, 0.6) is 5.75 Å². The average Bonchev–Trinajstić information content (AvgIpc) is 2.67. The van der Waals surface area contributed by atoms with E-state index in [1.165, 1.54) is 44.6 Å². The normalized spacial score (nSPS) is 12.4. The van der Waals surface area contributed by atoms with Gasteiger partial charge in [0.05, 0.1) is 19.8 Å². The molecule has 152 valence electrons. The fraction of sp³-hybridized carbons (Fsp3) is 0.316. The third kappa shape index (κ3) is 5.51. The number of carbonyl (C=O) groups is 1. The van der Waals surface area contributed by atoms with Gasteiger partial charge in [-0.25, -0.2) is 17.5 Å². The number of methoxy groups -OCH3 is 2. The van der Waals surface area contributed by atoms with Gasteiger partial charge in [0.25, 0.3) is 5.91 Å². The Balaban J connectivity index is 2.24. The molecule has 2 rings (SSSR count). The summed E-state index contributed by atoms with van der Waals surface area (Å²) in [4.78, 5) is 12.4. The van der Waals surface area contributed by atoms with E-state index >= 15 is 0 Å². The van der Waals surface area contributed by atoms with E-state index in [1.54, 1.807) is 19.1 Å². The highest BCUT2D eigenvalue weighted by Gasteiger charge is 2.22. The zero-order valence-electron chi connectivity index (χ0n) is 15.9. The summed E-state index contributed by atoms with van der Waals surface area (Å²) in [5.74, 6) is -0.786. The molecular weight excluding hydrogens is 387 g/mol. The third-order valence-electron chi connectivity index (χ3n) is 4.01. The van der Waals surface area contributed by atoms with Gasteiger partial charge in [-0.3, -0.25) is 4.79 Å². The minimum absolute atomic E-state index is 0.0784. The van der Waals surface area contributed by atoms with Gasteiger partial charge in [0.1, 0.15) is 16.5 Å². The number of carbonyl (C=O) groups excluding carboxylic acids is 1. The van der Waals surface area contributed by atoms with Crippen LogP contribution in [-0.2, 0) is 14.8 Å². The maximum atomic E-state index is 13.4. The molecule has 1 atom stereocenters. The van der Waals surface area contributed by atoms with E-state index in [1.807, 2.05) is 0 Å². The lowest BCUT2D eigenvalue weighted by Crippen LogP contribution is -2.29. The molecule has 0 aliphatic carbocycles. The molecule has 1 amide bonds. The minimum Gasteiger partial charge on any atom is -0.495 e. The number of nitrogens with one attached hydrogen (secondary N) is 2. The summed E-state index contributed by atoms with van der Waals surface area (Å²) in [5.41, 5.74) is 0.729. The van der Waals surface area contributed by atoms with Gasteiger partial charge >= 0.3 is 0 Å². The Morgan fingerprint density at radius 1 is 1.18 bits per heavy atom. The molecule has 28 heavy (non-hydrogen) atoms. The van der Waals surface area contributed by atoms with Gasteiger partial charge in [0.15, 0.2) is 0 Å². The molecule has 0 aliphatic heterocycles. The van der Waals surface area contributed by atoms with Gasteiger partial charge in [-0.2, -0.15) is 0 Å². The highest BCUT2D eigenvalue weighted by atomic mass is 32.2. The van der Waals surface area contributed by atoms with Crippen LogP contribution in [0.25, 0.3) is 0 Å². The second kappa shape index (κ2) is 9.63. The highest BCUT2D eigenvalue weighted by molar-refractivity contribution is 7.89. The van der Waals surface area contributed by atoms with Crippen molar-refractivity contribution in [3.05, 3.63) is 59.4 Å². The molecule has 0 radical (unpaired) electrons. The number of hydrogen-bond acceptors (Lipinski definition) is 5. The van der Waals surface area contributed by atoms with Crippen LogP contribution in [0.2, 0.25) is 0 Å². The number of benzene rings is 2. The third-order valence-corrected chi connectivity index (χ3v) is 5.49. The number of sulfonamides is 1. The van der Waals surface area contributed by atoms with Crippen LogP contribution in [0.4, 0.5) is 4.39 Å². The van der Waals surface area contributed by atoms with E-state index in [2.05, 4.69) is 10.0 Å². The van der Waals surface area contributed by atoms with E-state index in [0.29, 0.717) is 5.56 Å².